The molecule has 0 spiro atoms. The van der Waals surface area contributed by atoms with Crippen LogP contribution in [0.4, 0.5) is 4.39 Å². The van der Waals surface area contributed by atoms with Crippen LogP contribution in [0.2, 0.25) is 0 Å². The molecule has 1 nitrogen and oxygen atoms in total. The van der Waals surface area contributed by atoms with E-state index in [0.717, 1.165) is 0 Å². The van der Waals surface area contributed by atoms with Crippen molar-refractivity contribution in [3.05, 3.63) is 27.2 Å². The van der Waals surface area contributed by atoms with Crippen LogP contribution in [0.5, 0.6) is 0 Å². The molecule has 0 aliphatic heterocycles. The number of hydrogen-bond acceptors (Lipinski definition) is 1. The standard InChI is InChI=1S/C5H3BrFNS/c6-3-2-8-5(7)1-4(3)9/h1-2H,(H,8,9). The Morgan fingerprint density at radius 2 is 2.33 bits per heavy atom. The van der Waals surface area contributed by atoms with Gasteiger partial charge in [-0.15, -0.1) is 0 Å². The molecular weight excluding hydrogens is 205 g/mol. The van der Waals surface area contributed by atoms with Crippen molar-refractivity contribution in [2.75, 3.05) is 0 Å². The summed E-state index contributed by atoms with van der Waals surface area (Å²) in [5, 5.41) is 0. The molecule has 0 saturated carbocycles. The summed E-state index contributed by atoms with van der Waals surface area (Å²) in [4.78, 5) is 2.36. The van der Waals surface area contributed by atoms with Crippen LogP contribution in [0.25, 0.3) is 0 Å². The molecule has 0 bridgehead atoms. The van der Waals surface area contributed by atoms with E-state index in [9.17, 15) is 4.39 Å². The SMILES string of the molecule is Fc1cc(=S)c(Br)c[nH]1. The minimum absolute atomic E-state index is 0.414. The van der Waals surface area contributed by atoms with Crippen molar-refractivity contribution in [3.63, 3.8) is 0 Å². The van der Waals surface area contributed by atoms with Crippen LogP contribution in [0.3, 0.4) is 0 Å². The molecular formula is C5H3BrFNS. The minimum atomic E-state index is -0.414. The average molecular weight is 208 g/mol. The van der Waals surface area contributed by atoms with Crippen molar-refractivity contribution in [2.24, 2.45) is 0 Å². The minimum Gasteiger partial charge on any atom is -0.337 e. The molecule has 1 heterocycles. The Bertz CT molecular complexity index is 270. The summed E-state index contributed by atoms with van der Waals surface area (Å²) in [5.41, 5.74) is 0. The van der Waals surface area contributed by atoms with E-state index >= 15 is 0 Å². The number of rotatable bonds is 0. The second-order valence-corrected chi connectivity index (χ2v) is 2.79. The van der Waals surface area contributed by atoms with E-state index in [1.807, 2.05) is 0 Å². The molecule has 0 saturated heterocycles. The van der Waals surface area contributed by atoms with Gasteiger partial charge >= 0.3 is 0 Å². The first-order valence-corrected chi connectivity index (χ1v) is 3.44. The van der Waals surface area contributed by atoms with Crippen LogP contribution in [0.1, 0.15) is 0 Å². The highest BCUT2D eigenvalue weighted by molar-refractivity contribution is 9.10. The third-order valence-corrected chi connectivity index (χ3v) is 2.09. The smallest absolute Gasteiger partial charge is 0.192 e. The van der Waals surface area contributed by atoms with Gasteiger partial charge in [-0.25, -0.2) is 0 Å². The maximum Gasteiger partial charge on any atom is 0.192 e. The van der Waals surface area contributed by atoms with Crippen LogP contribution in [-0.2, 0) is 0 Å². The zero-order chi connectivity index (χ0) is 6.85. The fourth-order valence-corrected chi connectivity index (χ4v) is 0.820. The number of nitrogens with one attached hydrogen (secondary N) is 1. The highest BCUT2D eigenvalue weighted by Gasteiger charge is 1.90. The highest BCUT2D eigenvalue weighted by atomic mass is 79.9. The van der Waals surface area contributed by atoms with Gasteiger partial charge in [0.05, 0.1) is 8.98 Å². The topological polar surface area (TPSA) is 15.8 Å². The van der Waals surface area contributed by atoms with E-state index in [-0.39, 0.29) is 0 Å². The Labute approximate surface area is 65.0 Å². The van der Waals surface area contributed by atoms with E-state index in [2.05, 4.69) is 20.9 Å². The van der Waals surface area contributed by atoms with Gasteiger partial charge in [-0.05, 0) is 15.9 Å². The molecule has 0 fully saturated rings. The maximum absolute atomic E-state index is 12.2. The summed E-state index contributed by atoms with van der Waals surface area (Å²) in [7, 11) is 0. The summed E-state index contributed by atoms with van der Waals surface area (Å²) in [6, 6.07) is 1.25. The van der Waals surface area contributed by atoms with Gasteiger partial charge in [-0.3, -0.25) is 0 Å². The molecule has 0 aromatic carbocycles. The Morgan fingerprint density at radius 3 is 2.78 bits per heavy atom. The van der Waals surface area contributed by atoms with Gasteiger partial charge in [0.1, 0.15) is 0 Å². The van der Waals surface area contributed by atoms with E-state index in [4.69, 9.17) is 12.2 Å². The van der Waals surface area contributed by atoms with Crippen molar-refractivity contribution in [2.45, 2.75) is 0 Å². The van der Waals surface area contributed by atoms with Gasteiger partial charge in [0, 0.05) is 12.3 Å². The summed E-state index contributed by atoms with van der Waals surface area (Å²) in [6.07, 6.45) is 1.47. The molecule has 1 aromatic rings. The van der Waals surface area contributed by atoms with Gasteiger partial charge in [0.25, 0.3) is 0 Å². The average Bonchev–Trinajstić information content (AvgIpc) is 1.80. The molecule has 0 unspecified atom stereocenters. The van der Waals surface area contributed by atoms with Crippen molar-refractivity contribution < 1.29 is 4.39 Å². The first-order valence-electron chi connectivity index (χ1n) is 2.24. The van der Waals surface area contributed by atoms with Gasteiger partial charge in [0.15, 0.2) is 5.95 Å². The number of aromatic nitrogens is 1. The van der Waals surface area contributed by atoms with E-state index in [1.54, 1.807) is 0 Å². The molecule has 1 rings (SSSR count). The predicted molar refractivity (Wildman–Crippen MR) is 39.3 cm³/mol. The normalized spacial score (nSPS) is 9.56. The molecule has 1 aromatic heterocycles. The maximum atomic E-state index is 12.2. The quantitative estimate of drug-likeness (QED) is 0.511. The lowest BCUT2D eigenvalue weighted by Crippen LogP contribution is -1.79. The fourth-order valence-electron chi connectivity index (χ4n) is 0.429. The second-order valence-electron chi connectivity index (χ2n) is 1.49. The number of hydrogen-bond donors (Lipinski definition) is 1. The first-order chi connectivity index (χ1) is 4.20. The van der Waals surface area contributed by atoms with Gasteiger partial charge in [-0.1, -0.05) is 12.2 Å². The number of halogens is 2. The highest BCUT2D eigenvalue weighted by Crippen LogP contribution is 2.09. The van der Waals surface area contributed by atoms with Crippen LogP contribution < -0.4 is 0 Å². The monoisotopic (exact) mass is 207 g/mol. The molecule has 0 atom stereocenters. The fraction of sp³-hybridized carbons (Fsp3) is 0. The van der Waals surface area contributed by atoms with Crippen molar-refractivity contribution in [3.8, 4) is 0 Å². The second kappa shape index (κ2) is 2.58. The molecule has 0 aliphatic carbocycles. The van der Waals surface area contributed by atoms with E-state index in [0.29, 0.717) is 8.98 Å². The van der Waals surface area contributed by atoms with Crippen molar-refractivity contribution in [1.29, 1.82) is 0 Å². The lowest BCUT2D eigenvalue weighted by atomic mass is 10.5. The van der Waals surface area contributed by atoms with E-state index < -0.39 is 5.95 Å². The summed E-state index contributed by atoms with van der Waals surface area (Å²) in [6.45, 7) is 0. The Morgan fingerprint density at radius 1 is 1.67 bits per heavy atom. The molecule has 4 heteroatoms. The van der Waals surface area contributed by atoms with Crippen LogP contribution >= 0.6 is 28.1 Å². The third kappa shape index (κ3) is 1.59. The molecule has 9 heavy (non-hydrogen) atoms. The number of aromatic amines is 1. The van der Waals surface area contributed by atoms with Gasteiger partial charge in [-0.2, -0.15) is 4.39 Å². The molecule has 0 aliphatic rings. The first kappa shape index (κ1) is 6.89. The number of H-pyrrole nitrogens is 1. The molecule has 1 N–H and O–H groups in total. The summed E-state index contributed by atoms with van der Waals surface area (Å²) < 4.78 is 13.4. The van der Waals surface area contributed by atoms with Crippen LogP contribution in [-0.4, -0.2) is 4.98 Å². The largest absolute Gasteiger partial charge is 0.337 e. The lowest BCUT2D eigenvalue weighted by molar-refractivity contribution is 0.582. The van der Waals surface area contributed by atoms with Gasteiger partial charge in [0.2, 0.25) is 0 Å². The zero-order valence-corrected chi connectivity index (χ0v) is 6.72. The lowest BCUT2D eigenvalue weighted by Gasteiger charge is -1.88. The van der Waals surface area contributed by atoms with E-state index in [1.165, 1.54) is 12.3 Å². The zero-order valence-electron chi connectivity index (χ0n) is 4.32. The van der Waals surface area contributed by atoms with Crippen LogP contribution in [0.15, 0.2) is 16.7 Å². The Balaban J connectivity index is 3.34. The Kier molecular flexibility index (Phi) is 1.97. The number of pyridine rings is 1. The van der Waals surface area contributed by atoms with Crippen LogP contribution in [0, 0.1) is 10.5 Å². The Hall–Kier alpha value is -0.220. The van der Waals surface area contributed by atoms with Crippen molar-refractivity contribution >= 4 is 28.1 Å². The summed E-state index contributed by atoms with van der Waals surface area (Å²) in [5.74, 6) is -0.414. The molecule has 0 amide bonds. The van der Waals surface area contributed by atoms with Crippen molar-refractivity contribution in [1.82, 2.24) is 4.98 Å². The molecule has 0 radical (unpaired) electrons. The van der Waals surface area contributed by atoms with Gasteiger partial charge < -0.3 is 4.98 Å². The molecule has 48 valence electrons. The predicted octanol–water partition coefficient (Wildman–Crippen LogP) is 2.65. The third-order valence-electron chi connectivity index (χ3n) is 0.830. The summed E-state index contributed by atoms with van der Waals surface area (Å²) >= 11 is 7.86.